The number of sulfonamides is 1. The van der Waals surface area contributed by atoms with E-state index in [1.807, 2.05) is 82.3 Å². The number of amides is 2. The van der Waals surface area contributed by atoms with Gasteiger partial charge in [0.05, 0.1) is 31.4 Å². The van der Waals surface area contributed by atoms with E-state index < -0.39 is 28.5 Å². The van der Waals surface area contributed by atoms with E-state index in [0.717, 1.165) is 21.0 Å². The molecule has 0 aliphatic rings. The average molecular weight is 688 g/mol. The number of rotatable bonds is 16. The summed E-state index contributed by atoms with van der Waals surface area (Å²) in [7, 11) is -1.48. The summed E-state index contributed by atoms with van der Waals surface area (Å²) in [5.74, 6) is 0.232. The highest BCUT2D eigenvalue weighted by molar-refractivity contribution is 7.92. The number of methoxy groups -OCH3 is 2. The van der Waals surface area contributed by atoms with Gasteiger partial charge in [0, 0.05) is 25.1 Å². The molecule has 0 spiro atoms. The highest BCUT2D eigenvalue weighted by Crippen LogP contribution is 2.33. The van der Waals surface area contributed by atoms with Gasteiger partial charge in [0.15, 0.2) is 11.5 Å². The van der Waals surface area contributed by atoms with Crippen molar-refractivity contribution in [2.24, 2.45) is 0 Å². The Balaban J connectivity index is 1.84. The summed E-state index contributed by atoms with van der Waals surface area (Å²) >= 11 is 0. The van der Waals surface area contributed by atoms with Gasteiger partial charge in [0.1, 0.15) is 18.3 Å². The Labute approximate surface area is 289 Å². The van der Waals surface area contributed by atoms with Crippen LogP contribution in [0, 0.1) is 6.92 Å². The van der Waals surface area contributed by atoms with Crippen LogP contribution < -0.4 is 23.8 Å². The number of anilines is 1. The van der Waals surface area contributed by atoms with Crippen molar-refractivity contribution in [3.63, 3.8) is 0 Å². The molecule has 0 saturated heterocycles. The average Bonchev–Trinajstić information content (AvgIpc) is 3.09. The fraction of sp³-hybridized carbons (Fsp3) is 0.316. The van der Waals surface area contributed by atoms with Gasteiger partial charge in [-0.05, 0) is 75.2 Å². The van der Waals surface area contributed by atoms with Crippen LogP contribution in [-0.2, 0) is 32.6 Å². The molecule has 0 saturated carbocycles. The summed E-state index contributed by atoms with van der Waals surface area (Å²) in [5.41, 5.74) is 2.89. The molecule has 0 radical (unpaired) electrons. The standard InChI is InChI=1S/C38H45N3O7S/c1-7-48-32-18-16-31(17-19-32)41(49(44,45)33-20-21-35(46-5)36(24-33)47-6)26-37(42)40(25-30-15-11-12-28(4)22-30)34(38(43)39-27(2)3)23-29-13-9-8-10-14-29/h8-22,24,27,34H,7,23,25-26H2,1-6H3,(H,39,43). The molecule has 10 nitrogen and oxygen atoms in total. The number of aryl methyl sites for hydroxylation is 1. The van der Waals surface area contributed by atoms with Gasteiger partial charge in [0.25, 0.3) is 10.0 Å². The normalized spacial score (nSPS) is 11.8. The second-order valence-corrected chi connectivity index (χ2v) is 13.7. The van der Waals surface area contributed by atoms with Gasteiger partial charge < -0.3 is 24.4 Å². The van der Waals surface area contributed by atoms with E-state index in [2.05, 4.69) is 5.32 Å². The molecule has 1 unspecified atom stereocenters. The van der Waals surface area contributed by atoms with Gasteiger partial charge in [-0.15, -0.1) is 0 Å². The topological polar surface area (TPSA) is 114 Å². The van der Waals surface area contributed by atoms with Gasteiger partial charge in [0.2, 0.25) is 11.8 Å². The van der Waals surface area contributed by atoms with Crippen LogP contribution in [0.15, 0.2) is 102 Å². The summed E-state index contributed by atoms with van der Waals surface area (Å²) in [4.78, 5) is 29.9. The number of ether oxygens (including phenoxy) is 3. The largest absolute Gasteiger partial charge is 0.494 e. The van der Waals surface area contributed by atoms with Gasteiger partial charge in [-0.3, -0.25) is 13.9 Å². The number of nitrogens with zero attached hydrogens (tertiary/aromatic N) is 2. The first kappa shape index (κ1) is 36.8. The SMILES string of the molecule is CCOc1ccc(N(CC(=O)N(Cc2cccc(C)c2)C(Cc2ccccc2)C(=O)NC(C)C)S(=O)(=O)c2ccc(OC)c(OC)c2)cc1. The predicted octanol–water partition coefficient (Wildman–Crippen LogP) is 5.77. The molecule has 0 heterocycles. The zero-order valence-corrected chi connectivity index (χ0v) is 29.7. The van der Waals surface area contributed by atoms with E-state index in [9.17, 15) is 18.0 Å². The molecule has 0 bridgehead atoms. The first-order valence-electron chi connectivity index (χ1n) is 16.1. The molecule has 0 aliphatic heterocycles. The number of nitrogens with one attached hydrogen (secondary N) is 1. The summed E-state index contributed by atoms with van der Waals surface area (Å²) in [5, 5.41) is 2.97. The number of hydrogen-bond donors (Lipinski definition) is 1. The Hall–Kier alpha value is -5.03. The van der Waals surface area contributed by atoms with E-state index in [0.29, 0.717) is 18.1 Å². The maximum atomic E-state index is 14.7. The quantitative estimate of drug-likeness (QED) is 0.159. The maximum absolute atomic E-state index is 14.7. The van der Waals surface area contributed by atoms with Crippen LogP contribution >= 0.6 is 0 Å². The zero-order chi connectivity index (χ0) is 35.6. The molecule has 4 aromatic rings. The molecule has 4 rings (SSSR count). The molecule has 2 amide bonds. The minimum atomic E-state index is -4.36. The van der Waals surface area contributed by atoms with Crippen LogP contribution in [0.2, 0.25) is 0 Å². The van der Waals surface area contributed by atoms with Crippen LogP contribution in [0.1, 0.15) is 37.5 Å². The molecule has 0 aromatic heterocycles. The molecule has 1 N–H and O–H groups in total. The van der Waals surface area contributed by atoms with E-state index in [1.165, 1.54) is 37.3 Å². The highest BCUT2D eigenvalue weighted by atomic mass is 32.2. The molecule has 11 heteroatoms. The minimum Gasteiger partial charge on any atom is -0.494 e. The van der Waals surface area contributed by atoms with Crippen molar-refractivity contribution < 1.29 is 32.2 Å². The number of carbonyl (C=O) groups excluding carboxylic acids is 2. The van der Waals surface area contributed by atoms with Crippen LogP contribution in [-0.4, -0.2) is 64.6 Å². The highest BCUT2D eigenvalue weighted by Gasteiger charge is 2.35. The van der Waals surface area contributed by atoms with Gasteiger partial charge >= 0.3 is 0 Å². The lowest BCUT2D eigenvalue weighted by molar-refractivity contribution is -0.140. The number of hydrogen-bond acceptors (Lipinski definition) is 7. The van der Waals surface area contributed by atoms with Crippen molar-refractivity contribution in [3.8, 4) is 17.2 Å². The van der Waals surface area contributed by atoms with Crippen LogP contribution in [0.4, 0.5) is 5.69 Å². The van der Waals surface area contributed by atoms with E-state index >= 15 is 0 Å². The van der Waals surface area contributed by atoms with Crippen molar-refractivity contribution in [3.05, 3.63) is 114 Å². The third kappa shape index (κ3) is 9.54. The van der Waals surface area contributed by atoms with Crippen molar-refractivity contribution in [2.75, 3.05) is 31.7 Å². The van der Waals surface area contributed by atoms with Gasteiger partial charge in [-0.25, -0.2) is 8.42 Å². The van der Waals surface area contributed by atoms with E-state index in [1.54, 1.807) is 24.3 Å². The van der Waals surface area contributed by atoms with Crippen LogP contribution in [0.5, 0.6) is 17.2 Å². The molecule has 0 aliphatic carbocycles. The lowest BCUT2D eigenvalue weighted by atomic mass is 10.0. The summed E-state index contributed by atoms with van der Waals surface area (Å²) in [6.07, 6.45) is 0.225. The molecule has 49 heavy (non-hydrogen) atoms. The zero-order valence-electron chi connectivity index (χ0n) is 28.9. The fourth-order valence-electron chi connectivity index (χ4n) is 5.45. The molecular weight excluding hydrogens is 642 g/mol. The van der Waals surface area contributed by atoms with Crippen LogP contribution in [0.3, 0.4) is 0 Å². The Morgan fingerprint density at radius 2 is 1.49 bits per heavy atom. The smallest absolute Gasteiger partial charge is 0.264 e. The monoisotopic (exact) mass is 687 g/mol. The predicted molar refractivity (Wildman–Crippen MR) is 191 cm³/mol. The van der Waals surface area contributed by atoms with Gasteiger partial charge in [-0.1, -0.05) is 60.2 Å². The Morgan fingerprint density at radius 1 is 0.816 bits per heavy atom. The number of carbonyl (C=O) groups is 2. The number of benzene rings is 4. The lowest BCUT2D eigenvalue weighted by Gasteiger charge is -2.34. The Kier molecular flexibility index (Phi) is 12.7. The molecule has 0 fully saturated rings. The second-order valence-electron chi connectivity index (χ2n) is 11.8. The minimum absolute atomic E-state index is 0.0804. The van der Waals surface area contributed by atoms with Crippen molar-refractivity contribution >= 4 is 27.5 Å². The molecule has 1 atom stereocenters. The third-order valence-corrected chi connectivity index (χ3v) is 9.56. The first-order valence-corrected chi connectivity index (χ1v) is 17.6. The third-order valence-electron chi connectivity index (χ3n) is 7.80. The molecular formula is C38H45N3O7S. The van der Waals surface area contributed by atoms with Crippen molar-refractivity contribution in [1.29, 1.82) is 0 Å². The molecule has 4 aromatic carbocycles. The molecule has 260 valence electrons. The Morgan fingerprint density at radius 3 is 2.10 bits per heavy atom. The fourth-order valence-corrected chi connectivity index (χ4v) is 6.88. The maximum Gasteiger partial charge on any atom is 0.264 e. The van der Waals surface area contributed by atoms with Crippen LogP contribution in [0.25, 0.3) is 0 Å². The summed E-state index contributed by atoms with van der Waals surface area (Å²) < 4.78 is 46.3. The first-order chi connectivity index (χ1) is 23.5. The lowest BCUT2D eigenvalue weighted by Crippen LogP contribution is -2.54. The van der Waals surface area contributed by atoms with Gasteiger partial charge in [-0.2, -0.15) is 0 Å². The summed E-state index contributed by atoms with van der Waals surface area (Å²) in [6, 6.07) is 26.7. The van der Waals surface area contributed by atoms with E-state index in [-0.39, 0.29) is 41.2 Å². The van der Waals surface area contributed by atoms with E-state index in [4.69, 9.17) is 14.2 Å². The van der Waals surface area contributed by atoms with Crippen molar-refractivity contribution in [2.45, 2.75) is 57.6 Å². The second kappa shape index (κ2) is 16.9. The van der Waals surface area contributed by atoms with Crippen molar-refractivity contribution in [1.82, 2.24) is 10.2 Å². The Bertz CT molecular complexity index is 1810. The summed E-state index contributed by atoms with van der Waals surface area (Å²) in [6.45, 7) is 7.44.